The van der Waals surface area contributed by atoms with Crippen molar-refractivity contribution in [1.82, 2.24) is 15.3 Å². The number of thiazole rings is 1. The van der Waals surface area contributed by atoms with Gasteiger partial charge in [0.1, 0.15) is 11.7 Å². The number of aromatic amines is 1. The van der Waals surface area contributed by atoms with Crippen LogP contribution in [0.2, 0.25) is 0 Å². The van der Waals surface area contributed by atoms with Gasteiger partial charge >= 0.3 is 0 Å². The summed E-state index contributed by atoms with van der Waals surface area (Å²) in [5.74, 6) is -0.984. The van der Waals surface area contributed by atoms with Gasteiger partial charge in [-0.1, -0.05) is 19.9 Å². The summed E-state index contributed by atoms with van der Waals surface area (Å²) in [4.78, 5) is 43.5. The highest BCUT2D eigenvalue weighted by molar-refractivity contribution is 7.13. The Morgan fingerprint density at radius 2 is 1.93 bits per heavy atom. The van der Waals surface area contributed by atoms with Crippen LogP contribution < -0.4 is 16.0 Å². The van der Waals surface area contributed by atoms with E-state index >= 15 is 0 Å². The van der Waals surface area contributed by atoms with Crippen LogP contribution in [-0.2, 0) is 9.59 Å². The topological polar surface area (TPSA) is 116 Å². The molecule has 0 saturated heterocycles. The number of benzene rings is 1. The van der Waals surface area contributed by atoms with E-state index in [4.69, 9.17) is 0 Å². The van der Waals surface area contributed by atoms with Crippen molar-refractivity contribution >= 4 is 50.8 Å². The summed E-state index contributed by atoms with van der Waals surface area (Å²) in [5.41, 5.74) is 1.68. The van der Waals surface area contributed by atoms with E-state index in [9.17, 15) is 14.4 Å². The van der Waals surface area contributed by atoms with Gasteiger partial charge in [0, 0.05) is 35.1 Å². The van der Waals surface area contributed by atoms with Crippen LogP contribution in [0.15, 0.2) is 35.8 Å². The SMILES string of the molecule is CC(=O)Nc1ccc2cc(C(=O)N[C@H](C(=O)Nc3nccs3)C(C)C)[nH]c2c1. The Balaban J connectivity index is 1.75. The maximum absolute atomic E-state index is 12.7. The van der Waals surface area contributed by atoms with Crippen LogP contribution in [0.4, 0.5) is 10.8 Å². The van der Waals surface area contributed by atoms with E-state index in [-0.39, 0.29) is 23.6 Å². The summed E-state index contributed by atoms with van der Waals surface area (Å²) in [6.45, 7) is 5.15. The highest BCUT2D eigenvalue weighted by atomic mass is 32.1. The molecule has 146 valence electrons. The first kappa shape index (κ1) is 19.6. The summed E-state index contributed by atoms with van der Waals surface area (Å²) < 4.78 is 0. The van der Waals surface area contributed by atoms with Crippen LogP contribution >= 0.6 is 11.3 Å². The van der Waals surface area contributed by atoms with Crippen LogP contribution in [-0.4, -0.2) is 33.7 Å². The molecule has 9 heteroatoms. The first-order chi connectivity index (χ1) is 13.3. The molecule has 8 nitrogen and oxygen atoms in total. The van der Waals surface area contributed by atoms with Gasteiger partial charge in [-0.2, -0.15) is 0 Å². The lowest BCUT2D eigenvalue weighted by atomic mass is 10.0. The zero-order valence-corrected chi connectivity index (χ0v) is 16.5. The molecule has 0 aliphatic heterocycles. The molecule has 3 rings (SSSR count). The first-order valence-electron chi connectivity index (χ1n) is 8.75. The molecule has 28 heavy (non-hydrogen) atoms. The Morgan fingerprint density at radius 3 is 2.57 bits per heavy atom. The number of hydrogen-bond acceptors (Lipinski definition) is 5. The van der Waals surface area contributed by atoms with Crippen LogP contribution in [0.3, 0.4) is 0 Å². The minimum atomic E-state index is -0.710. The molecule has 0 fully saturated rings. The number of nitrogens with one attached hydrogen (secondary N) is 4. The van der Waals surface area contributed by atoms with E-state index in [0.717, 1.165) is 5.39 Å². The molecule has 0 spiro atoms. The lowest BCUT2D eigenvalue weighted by molar-refractivity contribution is -0.119. The van der Waals surface area contributed by atoms with Crippen molar-refractivity contribution < 1.29 is 14.4 Å². The molecule has 0 aliphatic carbocycles. The van der Waals surface area contributed by atoms with E-state index in [0.29, 0.717) is 22.0 Å². The molecule has 1 atom stereocenters. The number of hydrogen-bond donors (Lipinski definition) is 4. The minimum Gasteiger partial charge on any atom is -0.350 e. The number of rotatable bonds is 6. The molecule has 3 amide bonds. The summed E-state index contributed by atoms with van der Waals surface area (Å²) >= 11 is 1.31. The van der Waals surface area contributed by atoms with E-state index in [1.165, 1.54) is 18.3 Å². The molecule has 2 aromatic heterocycles. The highest BCUT2D eigenvalue weighted by Gasteiger charge is 2.26. The number of amides is 3. The smallest absolute Gasteiger partial charge is 0.268 e. The van der Waals surface area contributed by atoms with Gasteiger partial charge in [0.05, 0.1) is 0 Å². The van der Waals surface area contributed by atoms with Crippen molar-refractivity contribution in [2.24, 2.45) is 5.92 Å². The fourth-order valence-electron chi connectivity index (χ4n) is 2.75. The van der Waals surface area contributed by atoms with Gasteiger partial charge < -0.3 is 20.9 Å². The Kier molecular flexibility index (Phi) is 5.74. The fraction of sp³-hybridized carbons (Fsp3) is 0.263. The maximum Gasteiger partial charge on any atom is 0.268 e. The van der Waals surface area contributed by atoms with Crippen LogP contribution in [0.25, 0.3) is 10.9 Å². The standard InChI is InChI=1S/C19H21N5O3S/c1-10(2)16(18(27)24-19-20-6-7-28-19)23-17(26)15-8-12-4-5-13(21-11(3)25)9-14(12)22-15/h4-10,16,22H,1-3H3,(H,21,25)(H,23,26)(H,20,24,27)/t16-/m0/s1. The molecule has 0 radical (unpaired) electrons. The third-order valence-corrected chi connectivity index (χ3v) is 4.77. The van der Waals surface area contributed by atoms with Crippen molar-refractivity contribution in [2.75, 3.05) is 10.6 Å². The quantitative estimate of drug-likeness (QED) is 0.510. The molecule has 3 aromatic rings. The summed E-state index contributed by atoms with van der Waals surface area (Å²) in [6.07, 6.45) is 1.60. The number of aromatic nitrogens is 2. The predicted octanol–water partition coefficient (Wildman–Crippen LogP) is 2.98. The zero-order valence-electron chi connectivity index (χ0n) is 15.7. The second kappa shape index (κ2) is 8.22. The molecule has 0 saturated carbocycles. The fourth-order valence-corrected chi connectivity index (χ4v) is 3.28. The van der Waals surface area contributed by atoms with Crippen molar-refractivity contribution in [2.45, 2.75) is 26.8 Å². The van der Waals surface area contributed by atoms with Gasteiger partial charge in [0.2, 0.25) is 11.8 Å². The molecule has 0 aliphatic rings. The largest absolute Gasteiger partial charge is 0.350 e. The number of anilines is 2. The number of nitrogens with zero attached hydrogens (tertiary/aromatic N) is 1. The van der Waals surface area contributed by atoms with Gasteiger partial charge in [-0.25, -0.2) is 4.98 Å². The van der Waals surface area contributed by atoms with Gasteiger partial charge in [0.15, 0.2) is 5.13 Å². The monoisotopic (exact) mass is 399 g/mol. The average Bonchev–Trinajstić information content (AvgIpc) is 3.27. The highest BCUT2D eigenvalue weighted by Crippen LogP contribution is 2.20. The van der Waals surface area contributed by atoms with Crippen molar-refractivity contribution in [3.8, 4) is 0 Å². The van der Waals surface area contributed by atoms with E-state index in [1.807, 2.05) is 19.9 Å². The Labute approximate surface area is 165 Å². The normalized spacial score (nSPS) is 12.0. The second-order valence-corrected chi connectivity index (χ2v) is 7.58. The Hall–Kier alpha value is -3.20. The molecular formula is C19H21N5O3S. The molecule has 2 heterocycles. The third-order valence-electron chi connectivity index (χ3n) is 4.09. The van der Waals surface area contributed by atoms with Crippen molar-refractivity contribution in [3.05, 3.63) is 41.5 Å². The number of carbonyl (C=O) groups excluding carboxylic acids is 3. The molecule has 0 bridgehead atoms. The maximum atomic E-state index is 12.7. The van der Waals surface area contributed by atoms with Crippen molar-refractivity contribution in [3.63, 3.8) is 0 Å². The number of carbonyl (C=O) groups is 3. The minimum absolute atomic E-state index is 0.111. The van der Waals surface area contributed by atoms with Crippen LogP contribution in [0.5, 0.6) is 0 Å². The summed E-state index contributed by atoms with van der Waals surface area (Å²) in [5, 5.41) is 11.3. The first-order valence-corrected chi connectivity index (χ1v) is 9.63. The molecule has 1 aromatic carbocycles. The second-order valence-electron chi connectivity index (χ2n) is 6.69. The number of H-pyrrole nitrogens is 1. The summed E-state index contributed by atoms with van der Waals surface area (Å²) in [6, 6.07) is 6.32. The van der Waals surface area contributed by atoms with E-state index in [1.54, 1.807) is 29.8 Å². The van der Waals surface area contributed by atoms with E-state index in [2.05, 4.69) is 25.9 Å². The predicted molar refractivity (Wildman–Crippen MR) is 109 cm³/mol. The van der Waals surface area contributed by atoms with Gasteiger partial charge in [0.25, 0.3) is 5.91 Å². The lowest BCUT2D eigenvalue weighted by Crippen LogP contribution is -2.47. The Morgan fingerprint density at radius 1 is 1.14 bits per heavy atom. The number of fused-ring (bicyclic) bond motifs is 1. The van der Waals surface area contributed by atoms with Crippen LogP contribution in [0.1, 0.15) is 31.3 Å². The van der Waals surface area contributed by atoms with Crippen molar-refractivity contribution in [1.29, 1.82) is 0 Å². The Bertz CT molecular complexity index is 1010. The molecule has 0 unspecified atom stereocenters. The average molecular weight is 399 g/mol. The van der Waals surface area contributed by atoms with Gasteiger partial charge in [-0.3, -0.25) is 14.4 Å². The summed E-state index contributed by atoms with van der Waals surface area (Å²) in [7, 11) is 0. The zero-order chi connectivity index (χ0) is 20.3. The lowest BCUT2D eigenvalue weighted by Gasteiger charge is -2.20. The molecule has 4 N–H and O–H groups in total. The van der Waals surface area contributed by atoms with E-state index < -0.39 is 6.04 Å². The van der Waals surface area contributed by atoms with Gasteiger partial charge in [-0.15, -0.1) is 11.3 Å². The van der Waals surface area contributed by atoms with Crippen LogP contribution in [0, 0.1) is 5.92 Å². The van der Waals surface area contributed by atoms with Gasteiger partial charge in [-0.05, 0) is 24.1 Å². The molecular weight excluding hydrogens is 378 g/mol. The third kappa shape index (κ3) is 4.55.